The van der Waals surface area contributed by atoms with Gasteiger partial charge in [0.15, 0.2) is 0 Å². The van der Waals surface area contributed by atoms with E-state index in [-0.39, 0.29) is 11.8 Å². The Morgan fingerprint density at radius 3 is 3.03 bits per heavy atom. The minimum Gasteiger partial charge on any atom is -0.381 e. The van der Waals surface area contributed by atoms with Gasteiger partial charge in [-0.3, -0.25) is 4.79 Å². The lowest BCUT2D eigenvalue weighted by Gasteiger charge is -2.25. The van der Waals surface area contributed by atoms with E-state index < -0.39 is 0 Å². The molecule has 8 heteroatoms. The molecule has 4 rings (SSSR count). The van der Waals surface area contributed by atoms with Crippen LogP contribution >= 0.6 is 23.2 Å². The zero-order chi connectivity index (χ0) is 21.1. The number of hydrogen-bond donors (Lipinski definition) is 2. The summed E-state index contributed by atoms with van der Waals surface area (Å²) in [5.41, 5.74) is 3.16. The van der Waals surface area contributed by atoms with Crippen LogP contribution in [0.15, 0.2) is 53.2 Å². The first kappa shape index (κ1) is 21.0. The zero-order valence-corrected chi connectivity index (χ0v) is 18.1. The number of halogens is 2. The standard InChI is InChI=1S/C22H24Cl2N4O2/c1-14(25-13-21-26-19-6-4-16(23)12-20(19)27-21)15-3-5-17(18(24)11-15)22(29)28-7-2-9-30-10-8-28/h4-6,11-12,15,25H,1-3,7-10,13H2,(H,26,27). The number of H-pyrrole nitrogens is 1. The van der Waals surface area contributed by atoms with E-state index in [2.05, 4.69) is 21.9 Å². The lowest BCUT2D eigenvalue weighted by Crippen LogP contribution is -2.35. The van der Waals surface area contributed by atoms with Crippen LogP contribution in [0.2, 0.25) is 5.02 Å². The fraction of sp³-hybridized carbons (Fsp3) is 0.364. The Morgan fingerprint density at radius 2 is 2.20 bits per heavy atom. The maximum atomic E-state index is 12.8. The molecule has 0 radical (unpaired) electrons. The molecule has 6 nitrogen and oxygen atoms in total. The summed E-state index contributed by atoms with van der Waals surface area (Å²) < 4.78 is 5.43. The summed E-state index contributed by atoms with van der Waals surface area (Å²) in [7, 11) is 0. The number of carbonyl (C=O) groups excluding carboxylic acids is 1. The Balaban J connectivity index is 1.35. The van der Waals surface area contributed by atoms with Crippen molar-refractivity contribution in [2.24, 2.45) is 5.92 Å². The highest BCUT2D eigenvalue weighted by atomic mass is 35.5. The molecule has 1 aromatic carbocycles. The third kappa shape index (κ3) is 4.72. The van der Waals surface area contributed by atoms with Gasteiger partial charge >= 0.3 is 0 Å². The predicted octanol–water partition coefficient (Wildman–Crippen LogP) is 4.14. The van der Waals surface area contributed by atoms with Gasteiger partial charge in [-0.25, -0.2) is 4.98 Å². The second-order valence-electron chi connectivity index (χ2n) is 7.46. The van der Waals surface area contributed by atoms with E-state index in [1.807, 2.05) is 35.3 Å². The van der Waals surface area contributed by atoms with Crippen molar-refractivity contribution in [1.82, 2.24) is 20.2 Å². The first-order valence-corrected chi connectivity index (χ1v) is 10.8. The molecule has 1 saturated heterocycles. The van der Waals surface area contributed by atoms with Crippen LogP contribution in [0.4, 0.5) is 0 Å². The molecule has 0 bridgehead atoms. The second-order valence-corrected chi connectivity index (χ2v) is 8.30. The summed E-state index contributed by atoms with van der Waals surface area (Å²) >= 11 is 12.5. The second kappa shape index (κ2) is 9.25. The molecule has 0 saturated carbocycles. The lowest BCUT2D eigenvalue weighted by molar-refractivity contribution is -0.126. The van der Waals surface area contributed by atoms with E-state index in [1.165, 1.54) is 0 Å². The summed E-state index contributed by atoms with van der Waals surface area (Å²) in [5, 5.41) is 4.46. The minimum atomic E-state index is -0.0280. The van der Waals surface area contributed by atoms with Gasteiger partial charge in [0.1, 0.15) is 5.82 Å². The number of nitrogens with zero attached hydrogens (tertiary/aromatic N) is 2. The maximum absolute atomic E-state index is 12.8. The number of nitrogens with one attached hydrogen (secondary N) is 2. The number of amides is 1. The fourth-order valence-electron chi connectivity index (χ4n) is 3.68. The van der Waals surface area contributed by atoms with E-state index >= 15 is 0 Å². The van der Waals surface area contributed by atoms with Crippen molar-refractivity contribution in [2.45, 2.75) is 19.4 Å². The van der Waals surface area contributed by atoms with Gasteiger partial charge in [0.05, 0.1) is 29.8 Å². The third-order valence-corrected chi connectivity index (χ3v) is 5.91. The number of hydrogen-bond acceptors (Lipinski definition) is 4. The van der Waals surface area contributed by atoms with Crippen LogP contribution in [0.25, 0.3) is 11.0 Å². The Hall–Kier alpha value is -2.28. The number of fused-ring (bicyclic) bond motifs is 1. The van der Waals surface area contributed by atoms with Crippen LogP contribution < -0.4 is 5.32 Å². The molecule has 2 N–H and O–H groups in total. The molecular formula is C22H24Cl2N4O2. The molecule has 2 aliphatic rings. The molecule has 1 aliphatic heterocycles. The van der Waals surface area contributed by atoms with Gasteiger partial charge < -0.3 is 19.9 Å². The molecule has 1 atom stereocenters. The molecule has 158 valence electrons. The molecular weight excluding hydrogens is 423 g/mol. The molecule has 0 spiro atoms. The average Bonchev–Trinajstić information content (AvgIpc) is 2.94. The highest BCUT2D eigenvalue weighted by Gasteiger charge is 2.25. The first-order valence-electron chi connectivity index (χ1n) is 10.0. The maximum Gasteiger partial charge on any atom is 0.255 e. The number of imidazole rings is 1. The number of aromatic amines is 1. The van der Waals surface area contributed by atoms with Crippen LogP contribution in [0, 0.1) is 5.92 Å². The van der Waals surface area contributed by atoms with Crippen LogP contribution in [0.1, 0.15) is 18.7 Å². The number of carbonyl (C=O) groups is 1. The van der Waals surface area contributed by atoms with Gasteiger partial charge in [-0.2, -0.15) is 0 Å². The Labute approximate surface area is 185 Å². The van der Waals surface area contributed by atoms with Crippen LogP contribution in [0.3, 0.4) is 0 Å². The van der Waals surface area contributed by atoms with Gasteiger partial charge in [-0.1, -0.05) is 41.9 Å². The van der Waals surface area contributed by atoms with Crippen molar-refractivity contribution in [3.63, 3.8) is 0 Å². The van der Waals surface area contributed by atoms with Crippen molar-refractivity contribution in [3.05, 3.63) is 64.1 Å². The van der Waals surface area contributed by atoms with Gasteiger partial charge in [0.25, 0.3) is 5.91 Å². The summed E-state index contributed by atoms with van der Waals surface area (Å²) in [6.07, 6.45) is 5.33. The average molecular weight is 447 g/mol. The van der Waals surface area contributed by atoms with Crippen molar-refractivity contribution < 1.29 is 9.53 Å². The van der Waals surface area contributed by atoms with Gasteiger partial charge in [0, 0.05) is 41.4 Å². The summed E-state index contributed by atoms with van der Waals surface area (Å²) in [6, 6.07) is 5.56. The lowest BCUT2D eigenvalue weighted by atomic mass is 9.93. The smallest absolute Gasteiger partial charge is 0.255 e. The van der Waals surface area contributed by atoms with Crippen LogP contribution in [-0.4, -0.2) is 47.1 Å². The van der Waals surface area contributed by atoms with Crippen molar-refractivity contribution in [2.75, 3.05) is 26.3 Å². The van der Waals surface area contributed by atoms with E-state index in [1.54, 1.807) is 0 Å². The third-order valence-electron chi connectivity index (χ3n) is 5.34. The minimum absolute atomic E-state index is 0.0142. The summed E-state index contributed by atoms with van der Waals surface area (Å²) in [5.74, 6) is 0.786. The number of ether oxygens (including phenoxy) is 1. The topological polar surface area (TPSA) is 70.2 Å². The first-order chi connectivity index (χ1) is 14.5. The normalized spacial score (nSPS) is 19.8. The van der Waals surface area contributed by atoms with Gasteiger partial charge in [-0.05, 0) is 31.0 Å². The number of rotatable bonds is 5. The van der Waals surface area contributed by atoms with E-state index in [9.17, 15) is 4.79 Å². The monoisotopic (exact) mass is 446 g/mol. The highest BCUT2D eigenvalue weighted by molar-refractivity contribution is 6.35. The molecule has 1 aliphatic carbocycles. The van der Waals surface area contributed by atoms with Crippen LogP contribution in [-0.2, 0) is 16.1 Å². The summed E-state index contributed by atoms with van der Waals surface area (Å²) in [4.78, 5) is 22.4. The molecule has 1 aromatic heterocycles. The van der Waals surface area contributed by atoms with Gasteiger partial charge in [0.2, 0.25) is 0 Å². The molecule has 30 heavy (non-hydrogen) atoms. The number of benzene rings is 1. The van der Waals surface area contributed by atoms with Gasteiger partial charge in [-0.15, -0.1) is 0 Å². The zero-order valence-electron chi connectivity index (χ0n) is 16.6. The Bertz CT molecular complexity index is 1020. The molecule has 1 fully saturated rings. The van der Waals surface area contributed by atoms with E-state index in [0.717, 1.165) is 29.0 Å². The predicted molar refractivity (Wildman–Crippen MR) is 119 cm³/mol. The largest absolute Gasteiger partial charge is 0.381 e. The Morgan fingerprint density at radius 1 is 1.33 bits per heavy atom. The van der Waals surface area contributed by atoms with Crippen molar-refractivity contribution >= 4 is 40.1 Å². The van der Waals surface area contributed by atoms with E-state index in [4.69, 9.17) is 27.9 Å². The fourth-order valence-corrected chi connectivity index (χ4v) is 4.16. The SMILES string of the molecule is C=C(NCc1nc2ccc(Cl)cc2[nH]1)C1C=C(Cl)C(C(=O)N2CCCOCC2)=CC1. The van der Waals surface area contributed by atoms with Crippen molar-refractivity contribution in [3.8, 4) is 0 Å². The molecule has 1 unspecified atom stereocenters. The molecule has 2 heterocycles. The highest BCUT2D eigenvalue weighted by Crippen LogP contribution is 2.30. The number of allylic oxidation sites excluding steroid dienone is 2. The number of aromatic nitrogens is 2. The molecule has 2 aromatic rings. The quantitative estimate of drug-likeness (QED) is 0.723. The molecule has 1 amide bonds. The Kier molecular flexibility index (Phi) is 6.46. The van der Waals surface area contributed by atoms with Crippen LogP contribution in [0.5, 0.6) is 0 Å². The summed E-state index contributed by atoms with van der Waals surface area (Å²) in [6.45, 7) is 7.21. The van der Waals surface area contributed by atoms with E-state index in [0.29, 0.717) is 54.9 Å². The van der Waals surface area contributed by atoms with Crippen molar-refractivity contribution in [1.29, 1.82) is 0 Å².